The van der Waals surface area contributed by atoms with Crippen molar-refractivity contribution in [2.75, 3.05) is 5.33 Å². The molecular formula is C14H21BrO. The molecule has 2 aliphatic carbocycles. The molecule has 0 aliphatic heterocycles. The van der Waals surface area contributed by atoms with Crippen molar-refractivity contribution in [1.82, 2.24) is 0 Å². The van der Waals surface area contributed by atoms with Gasteiger partial charge in [0.2, 0.25) is 0 Å². The maximum atomic E-state index is 12.3. The number of Topliss-reactive ketones (excluding diaryl/α,β-unsaturated/α-hetero) is 1. The molecule has 0 aromatic carbocycles. The standard InChI is InChI=1S/C14H21BrO/c1-10-5-7-13(2)11(9-10)12(16)14(13,3)6-4-8-15/h9,11H,4-8H2,1-3H3/t11-,13-,14-/m0/s1. The second-order valence-corrected chi connectivity index (χ2v) is 6.69. The van der Waals surface area contributed by atoms with E-state index in [0.717, 1.165) is 18.2 Å². The second kappa shape index (κ2) is 3.97. The molecule has 0 aromatic rings. The third kappa shape index (κ3) is 1.45. The van der Waals surface area contributed by atoms with Crippen molar-refractivity contribution >= 4 is 21.7 Å². The van der Waals surface area contributed by atoms with Crippen molar-refractivity contribution in [3.05, 3.63) is 11.6 Å². The van der Waals surface area contributed by atoms with Crippen LogP contribution in [0.5, 0.6) is 0 Å². The molecular weight excluding hydrogens is 264 g/mol. The van der Waals surface area contributed by atoms with E-state index in [9.17, 15) is 4.79 Å². The molecule has 2 rings (SSSR count). The molecule has 0 aromatic heterocycles. The van der Waals surface area contributed by atoms with Gasteiger partial charge in [-0.15, -0.1) is 0 Å². The first kappa shape index (κ1) is 12.3. The molecule has 1 nitrogen and oxygen atoms in total. The Morgan fingerprint density at radius 1 is 1.50 bits per heavy atom. The smallest absolute Gasteiger partial charge is 0.146 e. The summed E-state index contributed by atoms with van der Waals surface area (Å²) in [6.45, 7) is 6.65. The number of hydrogen-bond acceptors (Lipinski definition) is 1. The Kier molecular flexibility index (Phi) is 3.07. The van der Waals surface area contributed by atoms with E-state index in [1.165, 1.54) is 18.4 Å². The summed E-state index contributed by atoms with van der Waals surface area (Å²) in [7, 11) is 0. The van der Waals surface area contributed by atoms with Crippen LogP contribution in [-0.4, -0.2) is 11.1 Å². The monoisotopic (exact) mass is 284 g/mol. The molecule has 0 saturated heterocycles. The SMILES string of the molecule is CC1=C[C@H]2C(=O)[C@](C)(CCCBr)[C@@]2(C)CC1. The molecule has 0 radical (unpaired) electrons. The predicted molar refractivity (Wildman–Crippen MR) is 70.7 cm³/mol. The fourth-order valence-electron chi connectivity index (χ4n) is 3.52. The number of allylic oxidation sites excluding steroid dienone is 2. The van der Waals surface area contributed by atoms with E-state index < -0.39 is 0 Å². The molecule has 1 saturated carbocycles. The van der Waals surface area contributed by atoms with Crippen molar-refractivity contribution in [3.8, 4) is 0 Å². The maximum absolute atomic E-state index is 12.3. The van der Waals surface area contributed by atoms with Gasteiger partial charge in [-0.1, -0.05) is 41.4 Å². The zero-order valence-electron chi connectivity index (χ0n) is 10.5. The van der Waals surface area contributed by atoms with Crippen LogP contribution in [0.25, 0.3) is 0 Å². The van der Waals surface area contributed by atoms with Crippen LogP contribution in [0.3, 0.4) is 0 Å². The lowest BCUT2D eigenvalue weighted by molar-refractivity contribution is -0.171. The molecule has 2 heteroatoms. The van der Waals surface area contributed by atoms with Crippen LogP contribution in [0, 0.1) is 16.7 Å². The van der Waals surface area contributed by atoms with Gasteiger partial charge in [0.25, 0.3) is 0 Å². The van der Waals surface area contributed by atoms with Gasteiger partial charge >= 0.3 is 0 Å². The lowest BCUT2D eigenvalue weighted by Gasteiger charge is -2.61. The topological polar surface area (TPSA) is 17.1 Å². The summed E-state index contributed by atoms with van der Waals surface area (Å²) in [5.74, 6) is 0.691. The lowest BCUT2D eigenvalue weighted by atomic mass is 9.40. The van der Waals surface area contributed by atoms with E-state index >= 15 is 0 Å². The van der Waals surface area contributed by atoms with E-state index in [2.05, 4.69) is 42.8 Å². The van der Waals surface area contributed by atoms with Crippen molar-refractivity contribution in [2.24, 2.45) is 16.7 Å². The van der Waals surface area contributed by atoms with Crippen LogP contribution >= 0.6 is 15.9 Å². The number of carbonyl (C=O) groups excluding carboxylic acids is 1. The van der Waals surface area contributed by atoms with Crippen LogP contribution in [-0.2, 0) is 4.79 Å². The molecule has 0 N–H and O–H groups in total. The van der Waals surface area contributed by atoms with Crippen LogP contribution in [0.2, 0.25) is 0 Å². The number of carbonyl (C=O) groups is 1. The van der Waals surface area contributed by atoms with Gasteiger partial charge in [-0.05, 0) is 38.0 Å². The molecule has 0 bridgehead atoms. The quantitative estimate of drug-likeness (QED) is 0.563. The minimum Gasteiger partial charge on any atom is -0.298 e. The zero-order chi connectivity index (χ0) is 12.0. The summed E-state index contributed by atoms with van der Waals surface area (Å²) in [4.78, 5) is 12.3. The minimum absolute atomic E-state index is 0.0668. The van der Waals surface area contributed by atoms with Crippen molar-refractivity contribution in [1.29, 1.82) is 0 Å². The van der Waals surface area contributed by atoms with Gasteiger partial charge in [-0.2, -0.15) is 0 Å². The van der Waals surface area contributed by atoms with Crippen molar-refractivity contribution in [2.45, 2.75) is 46.5 Å². The number of rotatable bonds is 3. The van der Waals surface area contributed by atoms with Gasteiger partial charge in [-0.3, -0.25) is 4.79 Å². The highest BCUT2D eigenvalue weighted by Gasteiger charge is 2.65. The Hall–Kier alpha value is -0.110. The van der Waals surface area contributed by atoms with Crippen LogP contribution in [0.1, 0.15) is 46.5 Å². The Bertz CT molecular complexity index is 347. The average Bonchev–Trinajstić information content (AvgIpc) is 2.28. The van der Waals surface area contributed by atoms with E-state index in [1.54, 1.807) is 0 Å². The Morgan fingerprint density at radius 2 is 2.19 bits per heavy atom. The van der Waals surface area contributed by atoms with Gasteiger partial charge in [0.05, 0.1) is 0 Å². The number of ketones is 1. The molecule has 0 amide bonds. The number of hydrogen-bond donors (Lipinski definition) is 0. The summed E-state index contributed by atoms with van der Waals surface area (Å²) >= 11 is 3.47. The molecule has 1 fully saturated rings. The van der Waals surface area contributed by atoms with Crippen molar-refractivity contribution < 1.29 is 4.79 Å². The van der Waals surface area contributed by atoms with Crippen LogP contribution < -0.4 is 0 Å². The molecule has 16 heavy (non-hydrogen) atoms. The fraction of sp³-hybridized carbons (Fsp3) is 0.786. The fourth-order valence-corrected chi connectivity index (χ4v) is 3.80. The summed E-state index contributed by atoms with van der Waals surface area (Å²) in [6, 6.07) is 0. The average molecular weight is 285 g/mol. The molecule has 0 spiro atoms. The number of alkyl halides is 1. The first-order valence-electron chi connectivity index (χ1n) is 6.23. The van der Waals surface area contributed by atoms with E-state index in [0.29, 0.717) is 5.78 Å². The van der Waals surface area contributed by atoms with Crippen molar-refractivity contribution in [3.63, 3.8) is 0 Å². The van der Waals surface area contributed by atoms with Gasteiger partial charge in [-0.25, -0.2) is 0 Å². The Labute approximate surface area is 107 Å². The summed E-state index contributed by atoms with van der Waals surface area (Å²) in [6.07, 6.45) is 6.72. The van der Waals surface area contributed by atoms with Gasteiger partial charge in [0.1, 0.15) is 5.78 Å². The largest absolute Gasteiger partial charge is 0.298 e. The maximum Gasteiger partial charge on any atom is 0.146 e. The third-order valence-electron chi connectivity index (χ3n) is 5.07. The Morgan fingerprint density at radius 3 is 2.81 bits per heavy atom. The van der Waals surface area contributed by atoms with Gasteiger partial charge in [0, 0.05) is 16.7 Å². The summed E-state index contributed by atoms with van der Waals surface area (Å²) < 4.78 is 0. The zero-order valence-corrected chi connectivity index (χ0v) is 12.1. The van der Waals surface area contributed by atoms with Gasteiger partial charge in [0.15, 0.2) is 0 Å². The highest BCUT2D eigenvalue weighted by molar-refractivity contribution is 9.09. The Balaban J connectivity index is 2.23. The van der Waals surface area contributed by atoms with E-state index in [-0.39, 0.29) is 16.7 Å². The van der Waals surface area contributed by atoms with E-state index in [1.807, 2.05) is 0 Å². The highest BCUT2D eigenvalue weighted by Crippen LogP contribution is 2.64. The van der Waals surface area contributed by atoms with E-state index in [4.69, 9.17) is 0 Å². The number of fused-ring (bicyclic) bond motifs is 1. The number of halogens is 1. The van der Waals surface area contributed by atoms with Crippen LogP contribution in [0.4, 0.5) is 0 Å². The second-order valence-electron chi connectivity index (χ2n) is 5.90. The summed E-state index contributed by atoms with van der Waals surface area (Å²) in [5.41, 5.74) is 1.56. The predicted octanol–water partition coefficient (Wildman–Crippen LogP) is 4.11. The van der Waals surface area contributed by atoms with Crippen LogP contribution in [0.15, 0.2) is 11.6 Å². The molecule has 0 heterocycles. The third-order valence-corrected chi connectivity index (χ3v) is 5.63. The van der Waals surface area contributed by atoms with Gasteiger partial charge < -0.3 is 0 Å². The molecule has 3 atom stereocenters. The first-order chi connectivity index (χ1) is 7.45. The molecule has 0 unspecified atom stereocenters. The lowest BCUT2D eigenvalue weighted by Crippen LogP contribution is -2.63. The minimum atomic E-state index is -0.0668. The highest BCUT2D eigenvalue weighted by atomic mass is 79.9. The normalized spacial score (nSPS) is 42.4. The molecule has 90 valence electrons. The summed E-state index contributed by atoms with van der Waals surface area (Å²) in [5, 5.41) is 1.01. The first-order valence-corrected chi connectivity index (χ1v) is 7.35. The molecule has 2 aliphatic rings.